The summed E-state index contributed by atoms with van der Waals surface area (Å²) < 4.78 is 18.9. The third-order valence-corrected chi connectivity index (χ3v) is 3.68. The molecule has 0 aliphatic heterocycles. The maximum atomic E-state index is 13.6. The Morgan fingerprint density at radius 3 is 2.90 bits per heavy atom. The highest BCUT2D eigenvalue weighted by molar-refractivity contribution is 6.08. The third kappa shape index (κ3) is 2.74. The average Bonchev–Trinajstić information content (AvgIpc) is 2.93. The van der Waals surface area contributed by atoms with Gasteiger partial charge in [0, 0.05) is 11.4 Å². The molecule has 2 rings (SSSR count). The number of hydrogen-bond acceptors (Lipinski definition) is 3. The van der Waals surface area contributed by atoms with Crippen LogP contribution in [0.2, 0.25) is 0 Å². The Morgan fingerprint density at radius 1 is 1.45 bits per heavy atom. The Labute approximate surface area is 119 Å². The van der Waals surface area contributed by atoms with Crippen molar-refractivity contribution in [2.24, 2.45) is 0 Å². The lowest BCUT2D eigenvalue weighted by Gasteiger charge is -2.35. The molecule has 0 aliphatic carbocycles. The van der Waals surface area contributed by atoms with E-state index >= 15 is 0 Å². The van der Waals surface area contributed by atoms with Crippen molar-refractivity contribution in [3.05, 3.63) is 36.1 Å². The van der Waals surface area contributed by atoms with Gasteiger partial charge in [-0.1, -0.05) is 25.5 Å². The molecule has 1 aromatic heterocycles. The SMILES string of the molecule is [B]CNC(CCC)C(O)(CF)c1ccc2ccoc2c1. The molecule has 2 radical (unpaired) electrons. The zero-order valence-electron chi connectivity index (χ0n) is 11.6. The Hall–Kier alpha value is -1.33. The minimum Gasteiger partial charge on any atom is -0.464 e. The summed E-state index contributed by atoms with van der Waals surface area (Å²) in [5, 5.41) is 14.7. The fourth-order valence-electron chi connectivity index (χ4n) is 2.54. The molecule has 20 heavy (non-hydrogen) atoms. The van der Waals surface area contributed by atoms with Crippen LogP contribution in [0.15, 0.2) is 34.9 Å². The van der Waals surface area contributed by atoms with E-state index in [2.05, 4.69) is 5.32 Å². The molecule has 1 heterocycles. The summed E-state index contributed by atoms with van der Waals surface area (Å²) in [6.45, 7) is 1.11. The van der Waals surface area contributed by atoms with E-state index in [0.717, 1.165) is 11.8 Å². The van der Waals surface area contributed by atoms with Crippen LogP contribution in [0.5, 0.6) is 0 Å². The van der Waals surface area contributed by atoms with Crippen molar-refractivity contribution in [1.29, 1.82) is 0 Å². The van der Waals surface area contributed by atoms with Gasteiger partial charge in [-0.25, -0.2) is 4.39 Å². The first-order chi connectivity index (χ1) is 9.65. The van der Waals surface area contributed by atoms with Gasteiger partial charge in [-0.05, 0) is 30.6 Å². The molecule has 0 fully saturated rings. The highest BCUT2D eigenvalue weighted by atomic mass is 19.1. The van der Waals surface area contributed by atoms with Crippen molar-refractivity contribution in [2.45, 2.75) is 31.4 Å². The summed E-state index contributed by atoms with van der Waals surface area (Å²) >= 11 is 0. The summed E-state index contributed by atoms with van der Waals surface area (Å²) in [7, 11) is 5.50. The molecule has 2 atom stereocenters. The summed E-state index contributed by atoms with van der Waals surface area (Å²) in [6.07, 6.45) is 3.22. The number of fused-ring (bicyclic) bond motifs is 1. The molecule has 5 heteroatoms. The normalized spacial score (nSPS) is 16.1. The number of furan rings is 1. The van der Waals surface area contributed by atoms with Crippen molar-refractivity contribution >= 4 is 18.8 Å². The van der Waals surface area contributed by atoms with E-state index in [1.54, 1.807) is 18.4 Å². The molecular formula is C15H19BFNO2. The second-order valence-electron chi connectivity index (χ2n) is 4.98. The largest absolute Gasteiger partial charge is 0.464 e. The number of benzene rings is 1. The molecule has 2 N–H and O–H groups in total. The van der Waals surface area contributed by atoms with E-state index in [4.69, 9.17) is 12.3 Å². The highest BCUT2D eigenvalue weighted by Crippen LogP contribution is 2.31. The summed E-state index contributed by atoms with van der Waals surface area (Å²) in [5.41, 5.74) is -0.463. The van der Waals surface area contributed by atoms with Crippen molar-refractivity contribution < 1.29 is 13.9 Å². The van der Waals surface area contributed by atoms with Gasteiger partial charge in [-0.2, -0.15) is 0 Å². The van der Waals surface area contributed by atoms with Crippen LogP contribution in [-0.2, 0) is 5.60 Å². The lowest BCUT2D eigenvalue weighted by molar-refractivity contribution is -0.0262. The molecular weight excluding hydrogens is 256 g/mol. The molecule has 0 bridgehead atoms. The predicted molar refractivity (Wildman–Crippen MR) is 78.5 cm³/mol. The molecule has 1 aromatic carbocycles. The topological polar surface area (TPSA) is 45.4 Å². The number of halogens is 1. The molecule has 0 saturated heterocycles. The van der Waals surface area contributed by atoms with Gasteiger partial charge in [-0.3, -0.25) is 0 Å². The number of rotatable bonds is 7. The number of alkyl halides is 1. The molecule has 0 saturated carbocycles. The minimum absolute atomic E-state index is 0.190. The number of aliphatic hydroxyl groups is 1. The van der Waals surface area contributed by atoms with Crippen LogP contribution in [0.3, 0.4) is 0 Å². The lowest BCUT2D eigenvalue weighted by atomic mass is 9.84. The zero-order chi connectivity index (χ0) is 14.6. The van der Waals surface area contributed by atoms with E-state index in [1.165, 1.54) is 0 Å². The fraction of sp³-hybridized carbons (Fsp3) is 0.467. The molecule has 2 unspecified atom stereocenters. The van der Waals surface area contributed by atoms with Crippen LogP contribution >= 0.6 is 0 Å². The Morgan fingerprint density at radius 2 is 2.25 bits per heavy atom. The van der Waals surface area contributed by atoms with Crippen LogP contribution in [0, 0.1) is 0 Å². The fourth-order valence-corrected chi connectivity index (χ4v) is 2.54. The maximum absolute atomic E-state index is 13.6. The van der Waals surface area contributed by atoms with Crippen molar-refractivity contribution in [1.82, 2.24) is 5.32 Å². The van der Waals surface area contributed by atoms with Gasteiger partial charge in [0.25, 0.3) is 0 Å². The predicted octanol–water partition coefficient (Wildman–Crippen LogP) is 2.47. The molecule has 106 valence electrons. The Balaban J connectivity index is 2.40. The molecule has 0 spiro atoms. The van der Waals surface area contributed by atoms with Gasteiger partial charge in [0.1, 0.15) is 17.9 Å². The third-order valence-electron chi connectivity index (χ3n) is 3.68. The lowest BCUT2D eigenvalue weighted by Crippen LogP contribution is -2.50. The second-order valence-corrected chi connectivity index (χ2v) is 4.98. The monoisotopic (exact) mass is 275 g/mol. The van der Waals surface area contributed by atoms with Crippen LogP contribution < -0.4 is 5.32 Å². The smallest absolute Gasteiger partial charge is 0.134 e. The van der Waals surface area contributed by atoms with Gasteiger partial charge in [0.2, 0.25) is 0 Å². The number of hydrogen-bond donors (Lipinski definition) is 2. The van der Waals surface area contributed by atoms with Crippen LogP contribution in [0.1, 0.15) is 25.3 Å². The second kappa shape index (κ2) is 6.42. The van der Waals surface area contributed by atoms with Crippen molar-refractivity contribution in [3.8, 4) is 0 Å². The van der Waals surface area contributed by atoms with Gasteiger partial charge in [0.15, 0.2) is 0 Å². The highest BCUT2D eigenvalue weighted by Gasteiger charge is 2.38. The Bertz CT molecular complexity index is 554. The van der Waals surface area contributed by atoms with Gasteiger partial charge < -0.3 is 14.8 Å². The molecule has 3 nitrogen and oxygen atoms in total. The van der Waals surface area contributed by atoms with E-state index in [0.29, 0.717) is 17.6 Å². The van der Waals surface area contributed by atoms with Crippen LogP contribution in [-0.4, -0.2) is 32.1 Å². The molecule has 0 amide bonds. The molecule has 0 aliphatic rings. The van der Waals surface area contributed by atoms with Crippen molar-refractivity contribution in [2.75, 3.05) is 13.1 Å². The first-order valence-corrected chi connectivity index (χ1v) is 6.85. The van der Waals surface area contributed by atoms with E-state index in [-0.39, 0.29) is 6.44 Å². The van der Waals surface area contributed by atoms with E-state index in [9.17, 15) is 9.50 Å². The van der Waals surface area contributed by atoms with Crippen molar-refractivity contribution in [3.63, 3.8) is 0 Å². The summed E-state index contributed by atoms with van der Waals surface area (Å²) in [4.78, 5) is 0. The van der Waals surface area contributed by atoms with Crippen LogP contribution in [0.25, 0.3) is 11.0 Å². The minimum atomic E-state index is -1.60. The Kier molecular flexibility index (Phi) is 4.84. The zero-order valence-corrected chi connectivity index (χ0v) is 11.6. The number of nitrogens with one attached hydrogen (secondary N) is 1. The van der Waals surface area contributed by atoms with E-state index in [1.807, 2.05) is 19.1 Å². The quantitative estimate of drug-likeness (QED) is 0.763. The van der Waals surface area contributed by atoms with Gasteiger partial charge in [-0.15, -0.1) is 0 Å². The summed E-state index contributed by atoms with van der Waals surface area (Å²) in [5.74, 6) is 0. The molecule has 2 aromatic rings. The summed E-state index contributed by atoms with van der Waals surface area (Å²) in [6, 6.07) is 6.64. The van der Waals surface area contributed by atoms with Crippen LogP contribution in [0.4, 0.5) is 4.39 Å². The maximum Gasteiger partial charge on any atom is 0.134 e. The van der Waals surface area contributed by atoms with Gasteiger partial charge in [0.05, 0.1) is 14.1 Å². The first kappa shape index (κ1) is 15.1. The van der Waals surface area contributed by atoms with E-state index < -0.39 is 18.3 Å². The average molecular weight is 275 g/mol. The van der Waals surface area contributed by atoms with Gasteiger partial charge >= 0.3 is 0 Å². The standard InChI is InChI=1S/C15H19BFNO2/c1-2-3-14(18-10-16)15(19,9-17)12-5-4-11-6-7-20-13(11)8-12/h4-8,14,18-19H,2-3,9-10H2,1H3. The first-order valence-electron chi connectivity index (χ1n) is 6.85.